The molecule has 0 fully saturated rings. The van der Waals surface area contributed by atoms with Crippen LogP contribution in [0.15, 0.2) is 186 Å². The zero-order valence-corrected chi connectivity index (χ0v) is 28.2. The molecule has 12 rings (SSSR count). The minimum atomic E-state index is -0.379. The van der Waals surface area contributed by atoms with Crippen molar-refractivity contribution in [1.29, 1.82) is 0 Å². The molecule has 9 aromatic carbocycles. The Hall–Kier alpha value is -6.70. The molecule has 0 saturated heterocycles. The molecule has 0 aliphatic heterocycles. The first-order chi connectivity index (χ1) is 25.8. The molecule has 1 aromatic heterocycles. The summed E-state index contributed by atoms with van der Waals surface area (Å²) < 4.78 is 6.93. The molecule has 0 unspecified atom stereocenters. The summed E-state index contributed by atoms with van der Waals surface area (Å²) in [5.74, 6) is 0. The van der Waals surface area contributed by atoms with Crippen molar-refractivity contribution in [3.05, 3.63) is 204 Å². The molecule has 1 heterocycles. The van der Waals surface area contributed by atoms with Crippen LogP contribution in [-0.4, -0.2) is 0 Å². The van der Waals surface area contributed by atoms with E-state index in [1.165, 1.54) is 88.3 Å². The second-order valence-corrected chi connectivity index (χ2v) is 14.3. The van der Waals surface area contributed by atoms with Crippen LogP contribution in [0.5, 0.6) is 0 Å². The van der Waals surface area contributed by atoms with Gasteiger partial charge >= 0.3 is 0 Å². The van der Waals surface area contributed by atoms with E-state index < -0.39 is 0 Å². The lowest BCUT2D eigenvalue weighted by atomic mass is 9.70. The summed E-state index contributed by atoms with van der Waals surface area (Å²) >= 11 is 0. The topological polar surface area (TPSA) is 13.1 Å². The number of benzene rings is 9. The highest BCUT2D eigenvalue weighted by molar-refractivity contribution is 6.26. The van der Waals surface area contributed by atoms with Gasteiger partial charge in [0, 0.05) is 10.8 Å². The Kier molecular flexibility index (Phi) is 5.49. The first kappa shape index (κ1) is 28.0. The first-order valence-corrected chi connectivity index (χ1v) is 18.1. The second kappa shape index (κ2) is 10.2. The molecule has 1 heteroatoms. The molecule has 0 saturated carbocycles. The SMILES string of the molecule is c1ccc(-c2ccc3oc4ccc(-c5cccc6c5-c5ccccc5C65c6ccccc6-c6ccccc65)c5cccc(c6cccc2c36)c45)cc1. The van der Waals surface area contributed by atoms with Crippen molar-refractivity contribution >= 4 is 43.5 Å². The van der Waals surface area contributed by atoms with E-state index in [9.17, 15) is 0 Å². The van der Waals surface area contributed by atoms with Crippen LogP contribution >= 0.6 is 0 Å². The predicted molar refractivity (Wildman–Crippen MR) is 216 cm³/mol. The van der Waals surface area contributed by atoms with Crippen LogP contribution in [0.2, 0.25) is 0 Å². The van der Waals surface area contributed by atoms with E-state index in [1.54, 1.807) is 0 Å². The van der Waals surface area contributed by atoms with Gasteiger partial charge in [0.1, 0.15) is 11.2 Å². The monoisotopic (exact) mass is 658 g/mol. The van der Waals surface area contributed by atoms with Gasteiger partial charge in [-0.25, -0.2) is 0 Å². The minimum Gasteiger partial charge on any atom is -0.456 e. The van der Waals surface area contributed by atoms with Crippen molar-refractivity contribution in [3.63, 3.8) is 0 Å². The molecule has 52 heavy (non-hydrogen) atoms. The third-order valence-electron chi connectivity index (χ3n) is 11.9. The quantitative estimate of drug-likeness (QED) is 0.180. The van der Waals surface area contributed by atoms with E-state index in [-0.39, 0.29) is 5.41 Å². The molecule has 10 aromatic rings. The van der Waals surface area contributed by atoms with Crippen LogP contribution in [0.25, 0.3) is 88.0 Å². The summed E-state index contributed by atoms with van der Waals surface area (Å²) in [6, 6.07) is 67.0. The minimum absolute atomic E-state index is 0.379. The van der Waals surface area contributed by atoms with Crippen molar-refractivity contribution in [2.45, 2.75) is 5.41 Å². The lowest BCUT2D eigenvalue weighted by Gasteiger charge is -2.30. The summed E-state index contributed by atoms with van der Waals surface area (Å²) in [4.78, 5) is 0. The van der Waals surface area contributed by atoms with Gasteiger partial charge in [-0.15, -0.1) is 0 Å². The lowest BCUT2D eigenvalue weighted by Crippen LogP contribution is -2.25. The highest BCUT2D eigenvalue weighted by Crippen LogP contribution is 2.64. The molecule has 0 bridgehead atoms. The number of rotatable bonds is 2. The van der Waals surface area contributed by atoms with E-state index >= 15 is 0 Å². The molecule has 0 N–H and O–H groups in total. The van der Waals surface area contributed by atoms with Gasteiger partial charge in [-0.3, -0.25) is 0 Å². The van der Waals surface area contributed by atoms with E-state index in [0.29, 0.717) is 0 Å². The Labute approximate surface area is 301 Å². The molecule has 2 aliphatic rings. The molecule has 1 spiro atoms. The molecule has 240 valence electrons. The fraction of sp³-hybridized carbons (Fsp3) is 0.0196. The van der Waals surface area contributed by atoms with Gasteiger partial charge in [0.15, 0.2) is 0 Å². The summed E-state index contributed by atoms with van der Waals surface area (Å²) in [6.45, 7) is 0. The number of hydrogen-bond donors (Lipinski definition) is 0. The standard InChI is InChI=1S/C51H30O/c1-2-13-31(14-3-1)32-27-29-46-49-36(32)18-10-20-39(49)40-21-11-19-38-33(28-30-47(52-46)50(38)40)37-22-12-26-45-48(37)41-17-6-9-25-44(41)51(45)42-23-7-4-15-34(42)35-16-5-8-24-43(35)51/h1-30H. The number of hydrogen-bond acceptors (Lipinski definition) is 1. The van der Waals surface area contributed by atoms with Crippen LogP contribution in [0.3, 0.4) is 0 Å². The van der Waals surface area contributed by atoms with Crippen molar-refractivity contribution in [2.24, 2.45) is 0 Å². The van der Waals surface area contributed by atoms with E-state index in [4.69, 9.17) is 4.42 Å². The van der Waals surface area contributed by atoms with Crippen LogP contribution in [0.1, 0.15) is 22.3 Å². The second-order valence-electron chi connectivity index (χ2n) is 14.3. The van der Waals surface area contributed by atoms with Crippen LogP contribution < -0.4 is 0 Å². The van der Waals surface area contributed by atoms with Crippen molar-refractivity contribution in [2.75, 3.05) is 0 Å². The van der Waals surface area contributed by atoms with E-state index in [2.05, 4.69) is 182 Å². The Bertz CT molecular complexity index is 3080. The van der Waals surface area contributed by atoms with Gasteiger partial charge in [-0.1, -0.05) is 170 Å². The molecular weight excluding hydrogens is 629 g/mol. The van der Waals surface area contributed by atoms with Crippen molar-refractivity contribution in [1.82, 2.24) is 0 Å². The van der Waals surface area contributed by atoms with Crippen LogP contribution in [0, 0.1) is 0 Å². The molecule has 0 amide bonds. The zero-order chi connectivity index (χ0) is 34.0. The normalized spacial score (nSPS) is 13.5. The van der Waals surface area contributed by atoms with Gasteiger partial charge in [-0.2, -0.15) is 0 Å². The summed E-state index contributed by atoms with van der Waals surface area (Å²) in [7, 11) is 0. The fourth-order valence-corrected chi connectivity index (χ4v) is 9.96. The van der Waals surface area contributed by atoms with E-state index in [0.717, 1.165) is 21.9 Å². The largest absolute Gasteiger partial charge is 0.456 e. The van der Waals surface area contributed by atoms with Gasteiger partial charge in [0.2, 0.25) is 0 Å². The maximum absolute atomic E-state index is 6.93. The van der Waals surface area contributed by atoms with Gasteiger partial charge in [-0.05, 0) is 100 Å². The van der Waals surface area contributed by atoms with Gasteiger partial charge < -0.3 is 4.42 Å². The van der Waals surface area contributed by atoms with Crippen molar-refractivity contribution < 1.29 is 4.42 Å². The Morgan fingerprint density at radius 3 is 1.40 bits per heavy atom. The summed E-state index contributed by atoms with van der Waals surface area (Å²) in [5.41, 5.74) is 17.0. The zero-order valence-electron chi connectivity index (χ0n) is 28.2. The smallest absolute Gasteiger partial charge is 0.135 e. The highest BCUT2D eigenvalue weighted by Gasteiger charge is 2.52. The Morgan fingerprint density at radius 1 is 0.288 bits per heavy atom. The Balaban J connectivity index is 1.18. The predicted octanol–water partition coefficient (Wildman–Crippen LogP) is 13.6. The van der Waals surface area contributed by atoms with Crippen LogP contribution in [-0.2, 0) is 5.41 Å². The molecule has 0 atom stereocenters. The third kappa shape index (κ3) is 3.43. The number of fused-ring (bicyclic) bond motifs is 11. The summed E-state index contributed by atoms with van der Waals surface area (Å²) in [5, 5.41) is 7.11. The average molecular weight is 659 g/mol. The molecule has 2 aliphatic carbocycles. The Morgan fingerprint density at radius 2 is 0.750 bits per heavy atom. The van der Waals surface area contributed by atoms with E-state index in [1.807, 2.05) is 0 Å². The molecule has 1 nitrogen and oxygen atoms in total. The van der Waals surface area contributed by atoms with Gasteiger partial charge in [0.05, 0.1) is 5.41 Å². The highest BCUT2D eigenvalue weighted by atomic mass is 16.3. The van der Waals surface area contributed by atoms with Crippen molar-refractivity contribution in [3.8, 4) is 44.5 Å². The first-order valence-electron chi connectivity index (χ1n) is 18.1. The maximum atomic E-state index is 6.93. The molecule has 0 radical (unpaired) electrons. The van der Waals surface area contributed by atoms with Crippen LogP contribution in [0.4, 0.5) is 0 Å². The lowest BCUT2D eigenvalue weighted by molar-refractivity contribution is 0.664. The van der Waals surface area contributed by atoms with Gasteiger partial charge in [0.25, 0.3) is 0 Å². The average Bonchev–Trinajstić information content (AvgIpc) is 3.63. The molecular formula is C51H30O. The maximum Gasteiger partial charge on any atom is 0.135 e. The fourth-order valence-electron chi connectivity index (χ4n) is 9.96. The summed E-state index contributed by atoms with van der Waals surface area (Å²) in [6.07, 6.45) is 0. The third-order valence-corrected chi connectivity index (χ3v) is 11.9.